The van der Waals surface area contributed by atoms with Crippen molar-refractivity contribution in [2.24, 2.45) is 0 Å². The highest BCUT2D eigenvalue weighted by atomic mass is 16.5. The van der Waals surface area contributed by atoms with Gasteiger partial charge in [0, 0.05) is 11.5 Å². The van der Waals surface area contributed by atoms with Gasteiger partial charge in [0.25, 0.3) is 7.11 Å². The molecule has 0 saturated heterocycles. The van der Waals surface area contributed by atoms with Crippen LogP contribution in [0.15, 0.2) is 67.9 Å². The minimum absolute atomic E-state index is 0.756. The van der Waals surface area contributed by atoms with Crippen molar-refractivity contribution in [3.63, 3.8) is 0 Å². The molecule has 4 heteroatoms. The predicted molar refractivity (Wildman–Crippen MR) is 99.7 cm³/mol. The maximum Gasteiger partial charge on any atom is 0.354 e. The maximum absolute atomic E-state index is 6.13. The summed E-state index contributed by atoms with van der Waals surface area (Å²) in [4.78, 5) is 0. The summed E-state index contributed by atoms with van der Waals surface area (Å²) in [6.07, 6.45) is 0. The lowest BCUT2D eigenvalue weighted by Gasteiger charge is -2.12. The Morgan fingerprint density at radius 1 is 0.680 bits per heavy atom. The highest BCUT2D eigenvalue weighted by Crippen LogP contribution is 2.41. The Kier molecular flexibility index (Phi) is 2.88. The van der Waals surface area contributed by atoms with E-state index in [0.29, 0.717) is 0 Å². The first kappa shape index (κ1) is 14.1. The Morgan fingerprint density at radius 2 is 1.24 bits per heavy atom. The smallest absolute Gasteiger partial charge is 0.354 e. The third kappa shape index (κ3) is 1.85. The standard InChI is InChI=1S/C21H15O4/c1-22-12-6-3-8-14-18(12)21-19-13(23-2)7-4-9-15(19)25-17-11-5-10-16(24-14)20(17)21/h3-11H,1-2H3/q+1. The monoisotopic (exact) mass is 331 g/mol. The fourth-order valence-electron chi connectivity index (χ4n) is 3.56. The fourth-order valence-corrected chi connectivity index (χ4v) is 3.56. The van der Waals surface area contributed by atoms with Gasteiger partial charge in [-0.25, -0.2) is 0 Å². The molecule has 5 aromatic rings. The summed E-state index contributed by atoms with van der Waals surface area (Å²) in [6, 6.07) is 17.5. The number of ether oxygens (including phenoxy) is 1. The topological polar surface area (TPSA) is 46.8 Å². The van der Waals surface area contributed by atoms with Crippen molar-refractivity contribution >= 4 is 43.9 Å². The Morgan fingerprint density at radius 3 is 1.88 bits per heavy atom. The Balaban J connectivity index is 2.28. The summed E-state index contributed by atoms with van der Waals surface area (Å²) in [7, 11) is 3.33. The van der Waals surface area contributed by atoms with Crippen LogP contribution in [0.2, 0.25) is 0 Å². The van der Waals surface area contributed by atoms with Gasteiger partial charge in [-0.3, -0.25) is 4.42 Å². The zero-order valence-corrected chi connectivity index (χ0v) is 13.8. The molecule has 0 aliphatic heterocycles. The van der Waals surface area contributed by atoms with Crippen LogP contribution < -0.4 is 10.2 Å². The molecule has 0 amide bonds. The third-order valence-corrected chi connectivity index (χ3v) is 4.59. The molecule has 0 N–H and O–H groups in total. The first-order valence-corrected chi connectivity index (χ1v) is 8.02. The maximum atomic E-state index is 6.13. The predicted octanol–water partition coefficient (Wildman–Crippen LogP) is 5.02. The van der Waals surface area contributed by atoms with E-state index < -0.39 is 0 Å². The van der Waals surface area contributed by atoms with Gasteiger partial charge in [0.05, 0.1) is 17.9 Å². The quantitative estimate of drug-likeness (QED) is 0.246. The molecule has 122 valence electrons. The average Bonchev–Trinajstić information content (AvgIpc) is 2.66. The van der Waals surface area contributed by atoms with Crippen LogP contribution in [0.1, 0.15) is 0 Å². The van der Waals surface area contributed by atoms with Gasteiger partial charge in [-0.15, -0.1) is 0 Å². The van der Waals surface area contributed by atoms with Crippen LogP contribution in [0, 0.1) is 0 Å². The van der Waals surface area contributed by atoms with Crippen LogP contribution in [0.25, 0.3) is 43.9 Å². The number of hydrogen-bond donors (Lipinski definition) is 0. The third-order valence-electron chi connectivity index (χ3n) is 4.59. The SMILES string of the molecule is COc1cccc2oc3cccc4oc5cccc(=[O+]C)c5c(c12)c34. The van der Waals surface area contributed by atoms with E-state index in [1.165, 1.54) is 0 Å². The first-order chi connectivity index (χ1) is 12.3. The Hall–Kier alpha value is -3.27. The van der Waals surface area contributed by atoms with Crippen LogP contribution in [0.4, 0.5) is 0 Å². The van der Waals surface area contributed by atoms with E-state index in [4.69, 9.17) is 18.0 Å². The van der Waals surface area contributed by atoms with E-state index in [1.54, 1.807) is 14.2 Å². The molecule has 0 unspecified atom stereocenters. The lowest BCUT2D eigenvalue weighted by Crippen LogP contribution is -2.03. The van der Waals surface area contributed by atoms with Crippen molar-refractivity contribution in [1.82, 2.24) is 0 Å². The van der Waals surface area contributed by atoms with Crippen molar-refractivity contribution in [3.05, 3.63) is 64.5 Å². The second-order valence-corrected chi connectivity index (χ2v) is 5.88. The van der Waals surface area contributed by atoms with Crippen molar-refractivity contribution in [2.75, 3.05) is 14.2 Å². The molecule has 0 fully saturated rings. The summed E-state index contributed by atoms with van der Waals surface area (Å²) in [5, 5.41) is 3.78. The molecule has 2 aromatic heterocycles. The number of benzene rings is 3. The van der Waals surface area contributed by atoms with E-state index in [1.807, 2.05) is 54.6 Å². The van der Waals surface area contributed by atoms with Gasteiger partial charge < -0.3 is 13.6 Å². The van der Waals surface area contributed by atoms with Gasteiger partial charge in [0.1, 0.15) is 33.5 Å². The van der Waals surface area contributed by atoms with E-state index in [2.05, 4.69) is 0 Å². The summed E-state index contributed by atoms with van der Waals surface area (Å²) in [5.41, 5.74) is 3.82. The molecular formula is C21H15O4+. The van der Waals surface area contributed by atoms with E-state index in [-0.39, 0.29) is 0 Å². The summed E-state index contributed by atoms with van der Waals surface area (Å²) < 4.78 is 23.5. The van der Waals surface area contributed by atoms with E-state index in [0.717, 1.165) is 55.1 Å². The average molecular weight is 331 g/mol. The number of methoxy groups -OCH3 is 1. The molecule has 0 atom stereocenters. The number of fused-ring (bicyclic) bond motifs is 4. The molecule has 2 heterocycles. The molecule has 25 heavy (non-hydrogen) atoms. The Bertz CT molecular complexity index is 1320. The molecule has 5 rings (SSSR count). The van der Waals surface area contributed by atoms with E-state index in [9.17, 15) is 0 Å². The summed E-state index contributed by atoms with van der Waals surface area (Å²) >= 11 is 0. The van der Waals surface area contributed by atoms with Crippen molar-refractivity contribution in [3.8, 4) is 5.75 Å². The number of hydrogen-bond acceptors (Lipinski definition) is 3. The van der Waals surface area contributed by atoms with E-state index >= 15 is 0 Å². The molecule has 3 aromatic carbocycles. The normalized spacial score (nSPS) is 12.6. The van der Waals surface area contributed by atoms with Crippen molar-refractivity contribution in [2.45, 2.75) is 0 Å². The molecule has 0 saturated carbocycles. The highest BCUT2D eigenvalue weighted by Gasteiger charge is 2.20. The van der Waals surface area contributed by atoms with Crippen LogP contribution in [0.3, 0.4) is 0 Å². The number of rotatable bonds is 1. The molecule has 0 bridgehead atoms. The van der Waals surface area contributed by atoms with Crippen LogP contribution in [0.5, 0.6) is 5.75 Å². The van der Waals surface area contributed by atoms with Crippen molar-refractivity contribution in [1.29, 1.82) is 0 Å². The lowest BCUT2D eigenvalue weighted by atomic mass is 10.0. The molecule has 4 nitrogen and oxygen atoms in total. The van der Waals surface area contributed by atoms with Crippen LogP contribution in [-0.2, 0) is 0 Å². The van der Waals surface area contributed by atoms with Gasteiger partial charge in [0.2, 0.25) is 0 Å². The summed E-state index contributed by atoms with van der Waals surface area (Å²) in [6.45, 7) is 0. The second-order valence-electron chi connectivity index (χ2n) is 5.88. The van der Waals surface area contributed by atoms with Gasteiger partial charge in [-0.1, -0.05) is 12.1 Å². The van der Waals surface area contributed by atoms with Gasteiger partial charge in [-0.05, 0) is 36.4 Å². The minimum atomic E-state index is 0.756. The van der Waals surface area contributed by atoms with Crippen LogP contribution in [-0.4, -0.2) is 14.2 Å². The van der Waals surface area contributed by atoms with Gasteiger partial charge in [0.15, 0.2) is 0 Å². The second kappa shape index (κ2) is 5.11. The summed E-state index contributed by atoms with van der Waals surface area (Å²) in [5.74, 6) is 0.756. The molecule has 0 radical (unpaired) electrons. The largest absolute Gasteiger partial charge is 0.496 e. The Labute approximate surface area is 142 Å². The molecular weight excluding hydrogens is 316 g/mol. The first-order valence-electron chi connectivity index (χ1n) is 8.02. The molecule has 0 aliphatic carbocycles. The zero-order chi connectivity index (χ0) is 17.0. The van der Waals surface area contributed by atoms with Crippen LogP contribution >= 0.6 is 0 Å². The zero-order valence-electron chi connectivity index (χ0n) is 13.8. The fraction of sp³-hybridized carbons (Fsp3) is 0.0952. The molecule has 0 aliphatic rings. The van der Waals surface area contributed by atoms with Crippen molar-refractivity contribution < 1.29 is 13.6 Å². The van der Waals surface area contributed by atoms with Gasteiger partial charge >= 0.3 is 5.43 Å². The lowest BCUT2D eigenvalue weighted by molar-refractivity contribution is 0.419. The van der Waals surface area contributed by atoms with Gasteiger partial charge in [-0.2, -0.15) is 0 Å². The highest BCUT2D eigenvalue weighted by molar-refractivity contribution is 6.26. The minimum Gasteiger partial charge on any atom is -0.496 e. The molecule has 0 spiro atoms.